The Hall–Kier alpha value is -1.83. The Morgan fingerprint density at radius 3 is 1.86 bits per heavy atom. The summed E-state index contributed by atoms with van der Waals surface area (Å²) in [6.07, 6.45) is 14.2. The van der Waals surface area contributed by atoms with Crippen LogP contribution in [0.25, 0.3) is 0 Å². The number of ether oxygens (including phenoxy) is 2. The fourth-order valence-electron chi connectivity index (χ4n) is 5.36. The van der Waals surface area contributed by atoms with E-state index < -0.39 is 17.7 Å². The summed E-state index contributed by atoms with van der Waals surface area (Å²) in [4.78, 5) is 38.0. The second kappa shape index (κ2) is 16.2. The smallest absolute Gasteiger partial charge is 0.408 e. The van der Waals surface area contributed by atoms with E-state index in [1.807, 2.05) is 0 Å². The molecule has 3 amide bonds. The van der Waals surface area contributed by atoms with Crippen molar-refractivity contribution >= 4 is 17.9 Å². The van der Waals surface area contributed by atoms with Gasteiger partial charge in [0.2, 0.25) is 11.8 Å². The van der Waals surface area contributed by atoms with Crippen molar-refractivity contribution in [3.8, 4) is 0 Å². The van der Waals surface area contributed by atoms with Crippen LogP contribution in [0, 0.1) is 11.8 Å². The van der Waals surface area contributed by atoms with Crippen LogP contribution in [0.15, 0.2) is 0 Å². The number of epoxide rings is 1. The largest absolute Gasteiger partial charge is 0.444 e. The summed E-state index contributed by atoms with van der Waals surface area (Å²) in [5, 5.41) is 8.57. The van der Waals surface area contributed by atoms with Crippen LogP contribution in [0.4, 0.5) is 4.79 Å². The molecule has 2 aliphatic carbocycles. The van der Waals surface area contributed by atoms with Gasteiger partial charge in [0.15, 0.2) is 0 Å². The zero-order valence-electron chi connectivity index (χ0n) is 24.0. The fraction of sp³-hybridized carbons (Fsp3) is 0.897. The van der Waals surface area contributed by atoms with E-state index in [0.29, 0.717) is 24.9 Å². The minimum absolute atomic E-state index is 0.00502. The van der Waals surface area contributed by atoms with Gasteiger partial charge in [-0.25, -0.2) is 4.79 Å². The first-order valence-corrected chi connectivity index (χ1v) is 14.8. The Balaban J connectivity index is 0.00000153. The van der Waals surface area contributed by atoms with Gasteiger partial charge in [0.05, 0.1) is 19.2 Å². The van der Waals surface area contributed by atoms with Gasteiger partial charge < -0.3 is 25.4 Å². The summed E-state index contributed by atoms with van der Waals surface area (Å²) < 4.78 is 10.8. The number of hydrogen-bond acceptors (Lipinski definition) is 5. The molecule has 214 valence electrons. The highest BCUT2D eigenvalue weighted by Gasteiger charge is 2.36. The number of carbonyl (C=O) groups is 3. The lowest BCUT2D eigenvalue weighted by atomic mass is 9.84. The summed E-state index contributed by atoms with van der Waals surface area (Å²) >= 11 is 0. The highest BCUT2D eigenvalue weighted by atomic mass is 16.6. The second-order valence-electron chi connectivity index (χ2n) is 12.1. The zero-order chi connectivity index (χ0) is 27.3. The molecular formula is C29H53N3O5. The fourth-order valence-corrected chi connectivity index (χ4v) is 5.36. The van der Waals surface area contributed by atoms with E-state index in [-0.39, 0.29) is 30.5 Å². The molecule has 0 aromatic rings. The molecule has 37 heavy (non-hydrogen) atoms. The molecule has 1 aliphatic heterocycles. The number of alkyl carbamates (subject to hydrolysis) is 1. The van der Waals surface area contributed by atoms with Crippen LogP contribution in [0.2, 0.25) is 0 Å². The quantitative estimate of drug-likeness (QED) is 0.340. The van der Waals surface area contributed by atoms with Gasteiger partial charge in [-0.15, -0.1) is 0 Å². The predicted molar refractivity (Wildman–Crippen MR) is 146 cm³/mol. The summed E-state index contributed by atoms with van der Waals surface area (Å²) in [6, 6.07) is -0.707. The Bertz CT molecular complexity index is 692. The van der Waals surface area contributed by atoms with Crippen LogP contribution in [0.5, 0.6) is 0 Å². The Morgan fingerprint density at radius 2 is 1.38 bits per heavy atom. The summed E-state index contributed by atoms with van der Waals surface area (Å²) in [5.74, 6) is 0.479. The van der Waals surface area contributed by atoms with Gasteiger partial charge in [0.1, 0.15) is 17.7 Å². The van der Waals surface area contributed by atoms with Crippen LogP contribution >= 0.6 is 0 Å². The van der Waals surface area contributed by atoms with Crippen molar-refractivity contribution in [1.29, 1.82) is 0 Å². The van der Waals surface area contributed by atoms with E-state index >= 15 is 0 Å². The molecule has 0 aromatic heterocycles. The van der Waals surface area contributed by atoms with E-state index in [4.69, 9.17) is 9.47 Å². The monoisotopic (exact) mass is 523 g/mol. The van der Waals surface area contributed by atoms with Crippen LogP contribution in [-0.2, 0) is 19.1 Å². The normalized spacial score (nSPS) is 22.0. The lowest BCUT2D eigenvalue weighted by molar-refractivity contribution is -0.128. The maximum Gasteiger partial charge on any atom is 0.408 e. The number of nitrogens with one attached hydrogen (secondary N) is 3. The first kappa shape index (κ1) is 31.4. The average Bonchev–Trinajstić information content (AvgIpc) is 3.68. The van der Waals surface area contributed by atoms with Crippen molar-refractivity contribution in [3.05, 3.63) is 0 Å². The summed E-state index contributed by atoms with van der Waals surface area (Å²) in [6.45, 7) is 10.2. The Labute approximate surface area is 224 Å². The molecule has 8 nitrogen and oxygen atoms in total. The molecule has 2 unspecified atom stereocenters. The average molecular weight is 524 g/mol. The van der Waals surface area contributed by atoms with Gasteiger partial charge in [-0.2, -0.15) is 0 Å². The zero-order valence-corrected chi connectivity index (χ0v) is 24.0. The van der Waals surface area contributed by atoms with Crippen LogP contribution in [0.3, 0.4) is 0 Å². The van der Waals surface area contributed by atoms with Crippen molar-refractivity contribution < 1.29 is 23.9 Å². The molecule has 0 spiro atoms. The third-order valence-corrected chi connectivity index (χ3v) is 7.19. The molecule has 2 saturated carbocycles. The van der Waals surface area contributed by atoms with Crippen LogP contribution < -0.4 is 16.0 Å². The molecule has 0 aromatic carbocycles. The number of amides is 3. The maximum atomic E-state index is 13.0. The molecule has 3 aliphatic rings. The molecule has 8 heteroatoms. The van der Waals surface area contributed by atoms with E-state index in [2.05, 4.69) is 29.8 Å². The predicted octanol–water partition coefficient (Wildman–Crippen LogP) is 5.24. The number of hydrogen-bond donors (Lipinski definition) is 3. The first-order chi connectivity index (χ1) is 17.6. The van der Waals surface area contributed by atoms with Crippen molar-refractivity contribution in [3.63, 3.8) is 0 Å². The molecule has 3 N–H and O–H groups in total. The molecule has 3 fully saturated rings. The lowest BCUT2D eigenvalue weighted by Crippen LogP contribution is -2.52. The standard InChI is InChI=1S/C26H45N3O5.C3H8/c1-26(2,3)34-25(32)29-21(15-19-12-8-5-9-13-19)24(31)27-16-23(30)28-20(22-17-33-22)14-18-10-6-4-7-11-18;1-3-2/h18-22H,4-17H2,1-3H3,(H,27,31)(H,28,30)(H,29,32);3H2,1-2H3/t20?,21-,22?;/m0./s1. The summed E-state index contributed by atoms with van der Waals surface area (Å²) in [5.41, 5.74) is -0.645. The Kier molecular flexibility index (Phi) is 13.7. The molecule has 3 rings (SSSR count). The van der Waals surface area contributed by atoms with Gasteiger partial charge in [0.25, 0.3) is 0 Å². The minimum Gasteiger partial charge on any atom is -0.444 e. The maximum absolute atomic E-state index is 13.0. The van der Waals surface area contributed by atoms with Gasteiger partial charge >= 0.3 is 6.09 Å². The highest BCUT2D eigenvalue weighted by Crippen LogP contribution is 2.30. The van der Waals surface area contributed by atoms with E-state index in [1.54, 1.807) is 20.8 Å². The van der Waals surface area contributed by atoms with Gasteiger partial charge in [-0.1, -0.05) is 84.5 Å². The van der Waals surface area contributed by atoms with Crippen LogP contribution in [-0.4, -0.2) is 54.8 Å². The van der Waals surface area contributed by atoms with Crippen molar-refractivity contribution in [2.45, 2.75) is 142 Å². The third-order valence-electron chi connectivity index (χ3n) is 7.19. The van der Waals surface area contributed by atoms with Gasteiger partial charge in [0, 0.05) is 0 Å². The number of rotatable bonds is 10. The molecule has 3 atom stereocenters. The van der Waals surface area contributed by atoms with Crippen molar-refractivity contribution in [2.75, 3.05) is 13.2 Å². The third kappa shape index (κ3) is 13.5. The second-order valence-corrected chi connectivity index (χ2v) is 12.1. The molecule has 0 bridgehead atoms. The Morgan fingerprint density at radius 1 is 0.865 bits per heavy atom. The molecule has 0 radical (unpaired) electrons. The molecule has 1 heterocycles. The molecular weight excluding hydrogens is 470 g/mol. The first-order valence-electron chi connectivity index (χ1n) is 14.8. The van der Waals surface area contributed by atoms with E-state index in [1.165, 1.54) is 44.9 Å². The van der Waals surface area contributed by atoms with Crippen LogP contribution in [0.1, 0.15) is 118 Å². The lowest BCUT2D eigenvalue weighted by Gasteiger charge is -2.28. The SMILES string of the molecule is CC(C)(C)OC(=O)N[C@@H](CC1CCCCC1)C(=O)NCC(=O)NC(CC1CCCCC1)C1CO1.CCC. The van der Waals surface area contributed by atoms with Gasteiger partial charge in [-0.05, 0) is 45.4 Å². The summed E-state index contributed by atoms with van der Waals surface area (Å²) in [7, 11) is 0. The topological polar surface area (TPSA) is 109 Å². The minimum atomic E-state index is -0.712. The highest BCUT2D eigenvalue weighted by molar-refractivity contribution is 5.89. The van der Waals surface area contributed by atoms with Crippen molar-refractivity contribution in [1.82, 2.24) is 16.0 Å². The number of carbonyl (C=O) groups excluding carboxylic acids is 3. The molecule has 1 saturated heterocycles. The van der Waals surface area contributed by atoms with E-state index in [0.717, 1.165) is 32.1 Å². The van der Waals surface area contributed by atoms with Crippen molar-refractivity contribution in [2.24, 2.45) is 11.8 Å². The van der Waals surface area contributed by atoms with E-state index in [9.17, 15) is 14.4 Å². The van der Waals surface area contributed by atoms with Gasteiger partial charge in [-0.3, -0.25) is 9.59 Å².